The number of rotatable bonds is 6. The highest BCUT2D eigenvalue weighted by molar-refractivity contribution is 6.10. The Morgan fingerprint density at radius 3 is 1.91 bits per heavy atom. The van der Waals surface area contributed by atoms with E-state index in [9.17, 15) is 0 Å². The molecular weight excluding hydrogens is 667 g/mol. The Balaban J connectivity index is 1.16. The lowest BCUT2D eigenvalue weighted by Gasteiger charge is -2.30. The maximum Gasteiger partial charge on any atom is 0.143 e. The monoisotopic (exact) mass is 707 g/mol. The van der Waals surface area contributed by atoms with Crippen LogP contribution in [0.5, 0.6) is 0 Å². The van der Waals surface area contributed by atoms with Crippen molar-refractivity contribution < 1.29 is 4.42 Å². The maximum atomic E-state index is 6.45. The summed E-state index contributed by atoms with van der Waals surface area (Å²) in [5, 5.41) is 2.28. The molecular formula is C53H41NO. The van der Waals surface area contributed by atoms with Crippen LogP contribution in [0.1, 0.15) is 37.5 Å². The van der Waals surface area contributed by atoms with E-state index in [1.54, 1.807) is 0 Å². The molecule has 0 N–H and O–H groups in total. The number of nitrogens with zero attached hydrogens (tertiary/aromatic N) is 1. The van der Waals surface area contributed by atoms with E-state index in [0.29, 0.717) is 0 Å². The molecule has 2 heteroatoms. The zero-order chi connectivity index (χ0) is 37.1. The van der Waals surface area contributed by atoms with Crippen LogP contribution in [0.2, 0.25) is 0 Å². The second-order valence-electron chi connectivity index (χ2n) is 15.3. The number of anilines is 3. The van der Waals surface area contributed by atoms with Gasteiger partial charge in [-0.15, -0.1) is 0 Å². The Morgan fingerprint density at radius 2 is 1.13 bits per heavy atom. The topological polar surface area (TPSA) is 16.4 Å². The summed E-state index contributed by atoms with van der Waals surface area (Å²) < 4.78 is 6.45. The van der Waals surface area contributed by atoms with Crippen molar-refractivity contribution in [2.24, 2.45) is 5.92 Å². The van der Waals surface area contributed by atoms with Crippen LogP contribution in [0.3, 0.4) is 0 Å². The molecule has 2 aliphatic rings. The summed E-state index contributed by atoms with van der Waals surface area (Å²) in [4.78, 5) is 2.43. The van der Waals surface area contributed by atoms with Gasteiger partial charge < -0.3 is 9.32 Å². The lowest BCUT2D eigenvalue weighted by atomic mass is 9.80. The van der Waals surface area contributed by atoms with Crippen LogP contribution >= 0.6 is 0 Å². The van der Waals surface area contributed by atoms with E-state index in [2.05, 4.69) is 202 Å². The number of furan rings is 1. The minimum Gasteiger partial charge on any atom is -0.455 e. The fourth-order valence-corrected chi connectivity index (χ4v) is 8.97. The van der Waals surface area contributed by atoms with Crippen LogP contribution in [0.25, 0.3) is 55.3 Å². The van der Waals surface area contributed by atoms with Crippen molar-refractivity contribution in [1.82, 2.24) is 0 Å². The molecule has 0 fully saturated rings. The molecule has 0 spiro atoms. The van der Waals surface area contributed by atoms with Gasteiger partial charge in [0.2, 0.25) is 0 Å². The van der Waals surface area contributed by atoms with Crippen molar-refractivity contribution in [3.8, 4) is 22.3 Å². The molecule has 10 rings (SSSR count). The minimum absolute atomic E-state index is 0.105. The number of para-hydroxylation sites is 3. The third-order valence-corrected chi connectivity index (χ3v) is 11.7. The van der Waals surface area contributed by atoms with Gasteiger partial charge in [0.25, 0.3) is 0 Å². The molecule has 264 valence electrons. The second-order valence-corrected chi connectivity index (χ2v) is 15.3. The van der Waals surface area contributed by atoms with E-state index in [4.69, 9.17) is 4.42 Å². The van der Waals surface area contributed by atoms with Crippen LogP contribution in [0.15, 0.2) is 198 Å². The van der Waals surface area contributed by atoms with E-state index in [1.807, 2.05) is 12.1 Å². The van der Waals surface area contributed by atoms with E-state index >= 15 is 0 Å². The summed E-state index contributed by atoms with van der Waals surface area (Å²) in [6, 6.07) is 61.3. The quantitative estimate of drug-likeness (QED) is 0.171. The van der Waals surface area contributed by atoms with Gasteiger partial charge in [-0.05, 0) is 80.9 Å². The fraction of sp³-hybridized carbons (Fsp3) is 0.0943. The summed E-state index contributed by atoms with van der Waals surface area (Å²) in [6.07, 6.45) is 6.98. The molecule has 8 aromatic rings. The van der Waals surface area contributed by atoms with Crippen LogP contribution < -0.4 is 4.90 Å². The Bertz CT molecular complexity index is 2830. The Hall–Kier alpha value is -6.64. The van der Waals surface area contributed by atoms with E-state index in [1.165, 1.54) is 44.5 Å². The van der Waals surface area contributed by atoms with Crippen molar-refractivity contribution in [2.75, 3.05) is 4.90 Å². The van der Waals surface area contributed by atoms with Gasteiger partial charge >= 0.3 is 0 Å². The van der Waals surface area contributed by atoms with Crippen LogP contribution in [0.4, 0.5) is 17.1 Å². The molecule has 7 aromatic carbocycles. The Morgan fingerprint density at radius 1 is 0.527 bits per heavy atom. The van der Waals surface area contributed by atoms with Gasteiger partial charge in [0.05, 0.1) is 5.69 Å². The zero-order valence-corrected chi connectivity index (χ0v) is 31.3. The first-order chi connectivity index (χ1) is 27.0. The van der Waals surface area contributed by atoms with Crippen molar-refractivity contribution in [3.63, 3.8) is 0 Å². The number of hydrogen-bond donors (Lipinski definition) is 0. The zero-order valence-electron chi connectivity index (χ0n) is 31.3. The van der Waals surface area contributed by atoms with Gasteiger partial charge in [-0.3, -0.25) is 0 Å². The summed E-state index contributed by atoms with van der Waals surface area (Å²) >= 11 is 0. The van der Waals surface area contributed by atoms with Gasteiger partial charge in [0.15, 0.2) is 0 Å². The minimum atomic E-state index is -0.105. The van der Waals surface area contributed by atoms with Gasteiger partial charge in [0.1, 0.15) is 11.2 Å². The predicted octanol–water partition coefficient (Wildman–Crippen LogP) is 14.7. The molecule has 0 unspecified atom stereocenters. The Kier molecular flexibility index (Phi) is 7.81. The van der Waals surface area contributed by atoms with Gasteiger partial charge in [-0.1, -0.05) is 172 Å². The summed E-state index contributed by atoms with van der Waals surface area (Å²) in [6.45, 7) is 7.07. The van der Waals surface area contributed by atoms with Gasteiger partial charge in [-0.25, -0.2) is 0 Å². The summed E-state index contributed by atoms with van der Waals surface area (Å²) in [7, 11) is 0. The first-order valence-electron chi connectivity index (χ1n) is 19.3. The average molecular weight is 708 g/mol. The standard InChI is InChI=1S/C53H41NO/c1-35-15-13-24-47-51(44-19-7-10-23-46(44)53(47,2)3)50(35)45-20-8-11-25-48(45)54(39-31-27-37(28-32-39)36-16-5-4-6-17-36)40-33-29-38(30-34-40)41-21-14-22-43-42-18-9-12-26-49(42)55-52(41)43/h4-35H,1-3H3/t35-/m1/s1. The number of benzene rings is 7. The summed E-state index contributed by atoms with van der Waals surface area (Å²) in [5.74, 6) is 0.195. The van der Waals surface area contributed by atoms with Gasteiger partial charge in [-0.2, -0.15) is 0 Å². The predicted molar refractivity (Wildman–Crippen MR) is 232 cm³/mol. The molecule has 0 amide bonds. The third-order valence-electron chi connectivity index (χ3n) is 11.7. The molecule has 2 nitrogen and oxygen atoms in total. The van der Waals surface area contributed by atoms with Crippen LogP contribution in [-0.4, -0.2) is 0 Å². The summed E-state index contributed by atoms with van der Waals surface area (Å²) in [5.41, 5.74) is 17.7. The van der Waals surface area contributed by atoms with Crippen molar-refractivity contribution in [2.45, 2.75) is 26.2 Å². The molecule has 2 aliphatic carbocycles. The van der Waals surface area contributed by atoms with E-state index in [0.717, 1.165) is 50.1 Å². The van der Waals surface area contributed by atoms with Crippen molar-refractivity contribution in [1.29, 1.82) is 0 Å². The molecule has 0 radical (unpaired) electrons. The van der Waals surface area contributed by atoms with Crippen molar-refractivity contribution >= 4 is 50.1 Å². The number of fused-ring (bicyclic) bond motifs is 6. The first kappa shape index (κ1) is 33.0. The van der Waals surface area contributed by atoms with E-state index in [-0.39, 0.29) is 11.3 Å². The number of allylic oxidation sites excluding steroid dienone is 6. The lowest BCUT2D eigenvalue weighted by molar-refractivity contribution is 0.661. The SMILES string of the molecule is C[C@@H]1C=CC=C2C(=C1c1ccccc1N(c1ccc(-c3ccccc3)cc1)c1ccc(-c3cccc4c3oc3ccccc34)cc1)c1ccccc1C2(C)C. The molecule has 1 aromatic heterocycles. The Labute approximate surface area is 323 Å². The number of hydrogen-bond acceptors (Lipinski definition) is 2. The van der Waals surface area contributed by atoms with Crippen LogP contribution in [-0.2, 0) is 5.41 Å². The highest BCUT2D eigenvalue weighted by Crippen LogP contribution is 2.55. The van der Waals surface area contributed by atoms with Crippen molar-refractivity contribution in [3.05, 3.63) is 210 Å². The second kappa shape index (κ2) is 13.0. The molecule has 0 bridgehead atoms. The highest BCUT2D eigenvalue weighted by Gasteiger charge is 2.40. The largest absolute Gasteiger partial charge is 0.455 e. The average Bonchev–Trinajstić information content (AvgIpc) is 3.64. The molecule has 0 aliphatic heterocycles. The van der Waals surface area contributed by atoms with Gasteiger partial charge in [0, 0.05) is 44.6 Å². The fourth-order valence-electron chi connectivity index (χ4n) is 8.97. The molecule has 0 saturated carbocycles. The molecule has 55 heavy (non-hydrogen) atoms. The maximum absolute atomic E-state index is 6.45. The smallest absolute Gasteiger partial charge is 0.143 e. The molecule has 1 atom stereocenters. The molecule has 1 heterocycles. The third kappa shape index (κ3) is 5.40. The highest BCUT2D eigenvalue weighted by atomic mass is 16.3. The normalized spacial score (nSPS) is 15.8. The molecule has 0 saturated heterocycles. The van der Waals surface area contributed by atoms with Crippen LogP contribution in [0, 0.1) is 5.92 Å². The first-order valence-corrected chi connectivity index (χ1v) is 19.3. The van der Waals surface area contributed by atoms with E-state index < -0.39 is 0 Å². The lowest BCUT2D eigenvalue weighted by Crippen LogP contribution is -2.15.